The van der Waals surface area contributed by atoms with E-state index in [9.17, 15) is 8.78 Å². The topological polar surface area (TPSA) is 30.8 Å². The van der Waals surface area contributed by atoms with Gasteiger partial charge in [0.25, 0.3) is 0 Å². The Hall–Kier alpha value is -2.05. The highest BCUT2D eigenvalue weighted by Crippen LogP contribution is 2.39. The highest BCUT2D eigenvalue weighted by molar-refractivity contribution is 6.62. The molecule has 0 aromatic heterocycles. The van der Waals surface area contributed by atoms with Crippen molar-refractivity contribution in [2.75, 3.05) is 0 Å². The molecule has 0 spiro atoms. The molecule has 0 radical (unpaired) electrons. The third-order valence-corrected chi connectivity index (χ3v) is 6.54. The summed E-state index contributed by atoms with van der Waals surface area (Å²) in [4.78, 5) is 4.73. The van der Waals surface area contributed by atoms with E-state index in [0.29, 0.717) is 18.6 Å². The summed E-state index contributed by atoms with van der Waals surface area (Å²) >= 11 is 0. The normalized spacial score (nSPS) is 25.3. The lowest BCUT2D eigenvalue weighted by Crippen LogP contribution is -2.41. The molecule has 1 saturated heterocycles. The van der Waals surface area contributed by atoms with Crippen molar-refractivity contribution in [1.82, 2.24) is 0 Å². The molecule has 2 heterocycles. The predicted molar refractivity (Wildman–Crippen MR) is 112 cm³/mol. The van der Waals surface area contributed by atoms with Gasteiger partial charge in [-0.1, -0.05) is 30.3 Å². The zero-order valence-corrected chi connectivity index (χ0v) is 17.6. The number of aliphatic imine (C=N–C) groups is 1. The number of halogens is 2. The minimum atomic E-state index is -0.566. The van der Waals surface area contributed by atoms with Gasteiger partial charge in [0.05, 0.1) is 22.3 Å². The Morgan fingerprint density at radius 2 is 1.41 bits per heavy atom. The largest absolute Gasteiger partial charge is 0.494 e. The van der Waals surface area contributed by atoms with Crippen LogP contribution in [0.4, 0.5) is 8.78 Å². The van der Waals surface area contributed by atoms with Crippen LogP contribution in [-0.4, -0.2) is 24.0 Å². The van der Waals surface area contributed by atoms with Gasteiger partial charge in [-0.3, -0.25) is 4.99 Å². The van der Waals surface area contributed by atoms with E-state index in [1.165, 1.54) is 18.2 Å². The van der Waals surface area contributed by atoms with Gasteiger partial charge in [-0.2, -0.15) is 0 Å². The molecule has 29 heavy (non-hydrogen) atoms. The van der Waals surface area contributed by atoms with Crippen molar-refractivity contribution in [2.24, 2.45) is 4.99 Å². The first-order chi connectivity index (χ1) is 13.5. The van der Waals surface area contributed by atoms with Crippen LogP contribution in [0.3, 0.4) is 0 Å². The second kappa shape index (κ2) is 6.74. The Kier molecular flexibility index (Phi) is 4.71. The summed E-state index contributed by atoms with van der Waals surface area (Å²) in [5.74, 6) is -1.13. The maximum absolute atomic E-state index is 14.2. The average Bonchev–Trinajstić information content (AvgIpc) is 3.13. The summed E-state index contributed by atoms with van der Waals surface area (Å²) in [6, 6.07) is 11.9. The highest BCUT2D eigenvalue weighted by atomic mass is 19.1. The Morgan fingerprint density at radius 3 is 1.97 bits per heavy atom. The van der Waals surface area contributed by atoms with E-state index >= 15 is 0 Å². The molecule has 0 aliphatic carbocycles. The smallest absolute Gasteiger partial charge is 0.399 e. The Morgan fingerprint density at radius 1 is 0.862 bits per heavy atom. The first-order valence-corrected chi connectivity index (χ1v) is 10.0. The minimum Gasteiger partial charge on any atom is -0.399 e. The van der Waals surface area contributed by atoms with E-state index in [0.717, 1.165) is 11.0 Å². The Bertz CT molecular complexity index is 935. The van der Waals surface area contributed by atoms with Crippen LogP contribution in [0.1, 0.15) is 58.6 Å². The number of nitrogens with zero attached hydrogens (tertiary/aromatic N) is 1. The molecule has 0 bridgehead atoms. The van der Waals surface area contributed by atoms with Crippen molar-refractivity contribution in [1.29, 1.82) is 0 Å². The van der Waals surface area contributed by atoms with E-state index < -0.39 is 35.5 Å². The second-order valence-corrected chi connectivity index (χ2v) is 9.14. The maximum atomic E-state index is 14.2. The molecular weight excluding hydrogens is 371 g/mol. The van der Waals surface area contributed by atoms with Gasteiger partial charge >= 0.3 is 7.12 Å². The van der Waals surface area contributed by atoms with Crippen molar-refractivity contribution in [3.8, 4) is 0 Å². The van der Waals surface area contributed by atoms with Gasteiger partial charge in [-0.15, -0.1) is 0 Å². The van der Waals surface area contributed by atoms with Crippen molar-refractivity contribution >= 4 is 18.3 Å². The molecule has 0 amide bonds. The quantitative estimate of drug-likeness (QED) is 0.700. The number of benzene rings is 2. The first-order valence-electron chi connectivity index (χ1n) is 10.0. The third kappa shape index (κ3) is 3.42. The molecule has 1 atom stereocenters. The van der Waals surface area contributed by atoms with E-state index in [2.05, 4.69) is 0 Å². The fourth-order valence-corrected chi connectivity index (χ4v) is 3.91. The number of hydrogen-bond acceptors (Lipinski definition) is 3. The van der Waals surface area contributed by atoms with Gasteiger partial charge in [-0.05, 0) is 70.6 Å². The van der Waals surface area contributed by atoms with Crippen LogP contribution < -0.4 is 5.46 Å². The standard InChI is InChI=1S/C23H26BF2NO2/c1-21(2)22(3,4)29-24(28-21)16-11-9-15(10-12-16)23(5)14-13-19(27-23)20-17(25)7-6-8-18(20)26/h6-12H,13-14H2,1-5H3/t23-/m1/s1. The van der Waals surface area contributed by atoms with Gasteiger partial charge in [0.2, 0.25) is 0 Å². The van der Waals surface area contributed by atoms with Crippen molar-refractivity contribution in [3.63, 3.8) is 0 Å². The third-order valence-electron chi connectivity index (χ3n) is 6.54. The zero-order chi connectivity index (χ0) is 21.0. The maximum Gasteiger partial charge on any atom is 0.494 e. The second-order valence-electron chi connectivity index (χ2n) is 9.14. The van der Waals surface area contributed by atoms with Crippen LogP contribution in [0.25, 0.3) is 0 Å². The number of rotatable bonds is 3. The van der Waals surface area contributed by atoms with E-state index in [1.54, 1.807) is 0 Å². The average molecular weight is 397 g/mol. The van der Waals surface area contributed by atoms with Gasteiger partial charge in [0.15, 0.2) is 0 Å². The molecule has 152 valence electrons. The van der Waals surface area contributed by atoms with Gasteiger partial charge in [0, 0.05) is 5.71 Å². The van der Waals surface area contributed by atoms with Crippen LogP contribution in [-0.2, 0) is 14.8 Å². The van der Waals surface area contributed by atoms with Crippen molar-refractivity contribution < 1.29 is 18.1 Å². The minimum absolute atomic E-state index is 0.00920. The lowest BCUT2D eigenvalue weighted by Gasteiger charge is -2.32. The van der Waals surface area contributed by atoms with Gasteiger partial charge in [0.1, 0.15) is 11.6 Å². The summed E-state index contributed by atoms with van der Waals surface area (Å²) in [5, 5.41) is 0. The lowest BCUT2D eigenvalue weighted by molar-refractivity contribution is 0.00578. The monoisotopic (exact) mass is 397 g/mol. The molecule has 0 saturated carbocycles. The molecule has 2 aliphatic rings. The van der Waals surface area contributed by atoms with E-state index in [4.69, 9.17) is 14.3 Å². The predicted octanol–water partition coefficient (Wildman–Crippen LogP) is 4.76. The van der Waals surface area contributed by atoms with Crippen LogP contribution in [0, 0.1) is 11.6 Å². The summed E-state index contributed by atoms with van der Waals surface area (Å²) in [6.45, 7) is 10.1. The summed E-state index contributed by atoms with van der Waals surface area (Å²) in [6.07, 6.45) is 1.24. The van der Waals surface area contributed by atoms with E-state index in [1.807, 2.05) is 58.9 Å². The SMILES string of the molecule is CC1(C)OB(c2ccc([C@@]3(C)CCC(c4c(F)cccc4F)=N3)cc2)OC1(C)C. The number of hydrogen-bond donors (Lipinski definition) is 0. The van der Waals surface area contributed by atoms with Crippen molar-refractivity contribution in [3.05, 3.63) is 65.2 Å². The van der Waals surface area contributed by atoms with Crippen LogP contribution in [0.15, 0.2) is 47.5 Å². The Labute approximate surface area is 171 Å². The summed E-state index contributed by atoms with van der Waals surface area (Å²) < 4.78 is 40.5. The fraction of sp³-hybridized carbons (Fsp3) is 0.435. The van der Waals surface area contributed by atoms with Gasteiger partial charge in [-0.25, -0.2) is 8.78 Å². The summed E-state index contributed by atoms with van der Waals surface area (Å²) in [7, 11) is -0.419. The first kappa shape index (κ1) is 20.2. The lowest BCUT2D eigenvalue weighted by atomic mass is 9.77. The fourth-order valence-electron chi connectivity index (χ4n) is 3.91. The van der Waals surface area contributed by atoms with Crippen LogP contribution in [0.2, 0.25) is 0 Å². The van der Waals surface area contributed by atoms with Crippen LogP contribution >= 0.6 is 0 Å². The van der Waals surface area contributed by atoms with Gasteiger partial charge < -0.3 is 9.31 Å². The molecule has 0 unspecified atom stereocenters. The highest BCUT2D eigenvalue weighted by Gasteiger charge is 2.51. The molecule has 4 rings (SSSR count). The molecule has 6 heteroatoms. The van der Waals surface area contributed by atoms with Crippen LogP contribution in [0.5, 0.6) is 0 Å². The molecule has 2 aliphatic heterocycles. The molecule has 1 fully saturated rings. The van der Waals surface area contributed by atoms with Crippen molar-refractivity contribution in [2.45, 2.75) is 64.2 Å². The molecule has 2 aromatic carbocycles. The molecule has 0 N–H and O–H groups in total. The zero-order valence-electron chi connectivity index (χ0n) is 17.6. The van der Waals surface area contributed by atoms with E-state index in [-0.39, 0.29) is 5.56 Å². The molecule has 2 aromatic rings. The summed E-state index contributed by atoms with van der Waals surface area (Å²) in [5.41, 5.74) is 1.12. The molecular formula is C23H26BF2NO2. The molecule has 3 nitrogen and oxygen atoms in total. The Balaban J connectivity index is 1.59.